The van der Waals surface area contributed by atoms with Crippen molar-refractivity contribution in [3.8, 4) is 5.88 Å². The number of hydrogen-bond donors (Lipinski definition) is 0. The molecule has 0 saturated carbocycles. The van der Waals surface area contributed by atoms with E-state index in [9.17, 15) is 4.79 Å². The summed E-state index contributed by atoms with van der Waals surface area (Å²) in [6.45, 7) is 6.12. The third-order valence-electron chi connectivity index (χ3n) is 3.31. The Kier molecular flexibility index (Phi) is 7.23. The maximum absolute atomic E-state index is 12.2. The minimum Gasteiger partial charge on any atom is -0.475 e. The first-order chi connectivity index (χ1) is 9.60. The predicted molar refractivity (Wildman–Crippen MR) is 79.3 cm³/mol. The van der Waals surface area contributed by atoms with E-state index in [0.29, 0.717) is 17.9 Å². The van der Waals surface area contributed by atoms with Gasteiger partial charge in [0.25, 0.3) is 0 Å². The molecule has 0 bridgehead atoms. The number of Topliss-reactive ketones (excluding diaryl/α,β-unsaturated/α-hetero) is 1. The molecule has 2 unspecified atom stereocenters. The van der Waals surface area contributed by atoms with Gasteiger partial charge in [-0.1, -0.05) is 20.3 Å². The van der Waals surface area contributed by atoms with E-state index >= 15 is 0 Å². The van der Waals surface area contributed by atoms with Crippen LogP contribution in [0.2, 0.25) is 0 Å². The fourth-order valence-electron chi connectivity index (χ4n) is 1.89. The molecule has 2 atom stereocenters. The molecule has 0 saturated heterocycles. The van der Waals surface area contributed by atoms with Crippen molar-refractivity contribution in [1.29, 1.82) is 0 Å². The number of aromatic nitrogens is 1. The summed E-state index contributed by atoms with van der Waals surface area (Å²) in [5, 5.41) is 0. The van der Waals surface area contributed by atoms with E-state index in [4.69, 9.17) is 9.47 Å². The molecule has 0 fully saturated rings. The molecule has 0 aliphatic carbocycles. The fraction of sp³-hybridized carbons (Fsp3) is 0.625. The normalized spacial score (nSPS) is 13.8. The Hall–Kier alpha value is -1.42. The Morgan fingerprint density at radius 3 is 2.75 bits per heavy atom. The van der Waals surface area contributed by atoms with Crippen LogP contribution in [0.4, 0.5) is 0 Å². The second-order valence-corrected chi connectivity index (χ2v) is 4.99. The third kappa shape index (κ3) is 5.29. The van der Waals surface area contributed by atoms with Gasteiger partial charge in [0.05, 0.1) is 12.2 Å². The second-order valence-electron chi connectivity index (χ2n) is 4.99. The molecule has 0 N–H and O–H groups in total. The molecule has 1 aromatic rings. The Bertz CT molecular complexity index is 420. The quantitative estimate of drug-likeness (QED) is 0.647. The first-order valence-corrected chi connectivity index (χ1v) is 7.29. The summed E-state index contributed by atoms with van der Waals surface area (Å²) in [6.07, 6.45) is 4.90. The summed E-state index contributed by atoms with van der Waals surface area (Å²) in [4.78, 5) is 16.4. The van der Waals surface area contributed by atoms with E-state index in [2.05, 4.69) is 11.9 Å². The third-order valence-corrected chi connectivity index (χ3v) is 3.31. The Morgan fingerprint density at radius 2 is 2.15 bits per heavy atom. The number of rotatable bonds is 9. The average molecular weight is 279 g/mol. The standard InChI is InChI=1S/C16H25NO3/c1-5-7-14(19-4)11-15(18)13-8-9-17-16(10-13)20-12(3)6-2/h8-10,12,14H,5-7,11H2,1-4H3. The number of ether oxygens (including phenoxy) is 2. The summed E-state index contributed by atoms with van der Waals surface area (Å²) in [7, 11) is 1.65. The Morgan fingerprint density at radius 1 is 1.40 bits per heavy atom. The van der Waals surface area contributed by atoms with Crippen molar-refractivity contribution in [2.24, 2.45) is 0 Å². The van der Waals surface area contributed by atoms with Gasteiger partial charge in [0.1, 0.15) is 0 Å². The van der Waals surface area contributed by atoms with Gasteiger partial charge >= 0.3 is 0 Å². The summed E-state index contributed by atoms with van der Waals surface area (Å²) < 4.78 is 11.0. The minimum atomic E-state index is -0.0143. The first-order valence-electron chi connectivity index (χ1n) is 7.29. The molecule has 0 aliphatic heterocycles. The lowest BCUT2D eigenvalue weighted by atomic mass is 10.0. The molecule has 4 heteroatoms. The van der Waals surface area contributed by atoms with Crippen LogP contribution in [-0.2, 0) is 4.74 Å². The Labute approximate surface area is 121 Å². The highest BCUT2D eigenvalue weighted by Gasteiger charge is 2.15. The van der Waals surface area contributed by atoms with Crippen LogP contribution in [0.15, 0.2) is 18.3 Å². The van der Waals surface area contributed by atoms with Crippen molar-refractivity contribution >= 4 is 5.78 Å². The Balaban J connectivity index is 2.70. The van der Waals surface area contributed by atoms with E-state index in [-0.39, 0.29) is 18.0 Å². The molecule has 1 heterocycles. The summed E-state index contributed by atoms with van der Waals surface area (Å²) in [5.74, 6) is 0.580. The van der Waals surface area contributed by atoms with Crippen LogP contribution in [0.5, 0.6) is 5.88 Å². The zero-order chi connectivity index (χ0) is 15.0. The lowest BCUT2D eigenvalue weighted by Crippen LogP contribution is -2.16. The average Bonchev–Trinajstić information content (AvgIpc) is 2.46. The number of ketones is 1. The maximum atomic E-state index is 12.2. The number of methoxy groups -OCH3 is 1. The first kappa shape index (κ1) is 16.6. The smallest absolute Gasteiger partial charge is 0.214 e. The lowest BCUT2D eigenvalue weighted by Gasteiger charge is -2.14. The van der Waals surface area contributed by atoms with Gasteiger partial charge in [-0.2, -0.15) is 0 Å². The highest BCUT2D eigenvalue weighted by molar-refractivity contribution is 5.96. The topological polar surface area (TPSA) is 48.4 Å². The van der Waals surface area contributed by atoms with Gasteiger partial charge in [-0.25, -0.2) is 4.98 Å². The van der Waals surface area contributed by atoms with E-state index in [1.54, 1.807) is 25.4 Å². The number of nitrogens with zero attached hydrogens (tertiary/aromatic N) is 1. The van der Waals surface area contributed by atoms with Crippen LogP contribution in [0.25, 0.3) is 0 Å². The van der Waals surface area contributed by atoms with Crippen LogP contribution in [0, 0.1) is 0 Å². The van der Waals surface area contributed by atoms with Gasteiger partial charge < -0.3 is 9.47 Å². The van der Waals surface area contributed by atoms with Gasteiger partial charge in [0.15, 0.2) is 5.78 Å². The predicted octanol–water partition coefficient (Wildman–Crippen LogP) is 3.65. The molecule has 0 amide bonds. The van der Waals surface area contributed by atoms with Crippen molar-refractivity contribution in [1.82, 2.24) is 4.98 Å². The molecule has 0 aromatic carbocycles. The van der Waals surface area contributed by atoms with Crippen molar-refractivity contribution in [3.05, 3.63) is 23.9 Å². The van der Waals surface area contributed by atoms with Gasteiger partial charge in [0.2, 0.25) is 5.88 Å². The molecule has 0 radical (unpaired) electrons. The second kappa shape index (κ2) is 8.69. The number of pyridine rings is 1. The molecular formula is C16H25NO3. The summed E-state index contributed by atoms with van der Waals surface area (Å²) >= 11 is 0. The molecule has 1 aromatic heterocycles. The zero-order valence-corrected chi connectivity index (χ0v) is 12.9. The molecule has 4 nitrogen and oxygen atoms in total. The maximum Gasteiger partial charge on any atom is 0.214 e. The van der Waals surface area contributed by atoms with Crippen LogP contribution < -0.4 is 4.74 Å². The van der Waals surface area contributed by atoms with Gasteiger partial charge in [-0.05, 0) is 25.8 Å². The van der Waals surface area contributed by atoms with Crippen molar-refractivity contribution < 1.29 is 14.3 Å². The monoisotopic (exact) mass is 279 g/mol. The SMILES string of the molecule is CCCC(CC(=O)c1ccnc(OC(C)CC)c1)OC. The lowest BCUT2D eigenvalue weighted by molar-refractivity contribution is 0.0695. The van der Waals surface area contributed by atoms with E-state index < -0.39 is 0 Å². The van der Waals surface area contributed by atoms with Crippen LogP contribution in [0.1, 0.15) is 56.8 Å². The van der Waals surface area contributed by atoms with Crippen molar-refractivity contribution in [2.45, 2.75) is 58.7 Å². The largest absolute Gasteiger partial charge is 0.475 e. The van der Waals surface area contributed by atoms with Crippen molar-refractivity contribution in [2.75, 3.05) is 7.11 Å². The minimum absolute atomic E-state index is 0.0143. The molecular weight excluding hydrogens is 254 g/mol. The summed E-state index contributed by atoms with van der Waals surface area (Å²) in [5.41, 5.74) is 0.636. The van der Waals surface area contributed by atoms with E-state index in [1.807, 2.05) is 13.8 Å². The highest BCUT2D eigenvalue weighted by atomic mass is 16.5. The molecule has 1 rings (SSSR count). The molecule has 112 valence electrons. The zero-order valence-electron chi connectivity index (χ0n) is 12.9. The van der Waals surface area contributed by atoms with Crippen LogP contribution in [0.3, 0.4) is 0 Å². The van der Waals surface area contributed by atoms with Gasteiger partial charge in [0, 0.05) is 31.4 Å². The van der Waals surface area contributed by atoms with Crippen LogP contribution in [-0.4, -0.2) is 30.1 Å². The number of hydrogen-bond acceptors (Lipinski definition) is 4. The molecule has 0 spiro atoms. The highest BCUT2D eigenvalue weighted by Crippen LogP contribution is 2.16. The van der Waals surface area contributed by atoms with E-state index in [1.165, 1.54) is 0 Å². The van der Waals surface area contributed by atoms with Gasteiger partial charge in [-0.15, -0.1) is 0 Å². The van der Waals surface area contributed by atoms with Crippen LogP contribution >= 0.6 is 0 Å². The van der Waals surface area contributed by atoms with E-state index in [0.717, 1.165) is 19.3 Å². The molecule has 20 heavy (non-hydrogen) atoms. The number of carbonyl (C=O) groups is 1. The number of carbonyl (C=O) groups excluding carboxylic acids is 1. The summed E-state index contributed by atoms with van der Waals surface area (Å²) in [6, 6.07) is 3.44. The van der Waals surface area contributed by atoms with Crippen molar-refractivity contribution in [3.63, 3.8) is 0 Å². The fourth-order valence-corrected chi connectivity index (χ4v) is 1.89. The van der Waals surface area contributed by atoms with Gasteiger partial charge in [-0.3, -0.25) is 4.79 Å². The molecule has 0 aliphatic rings.